The Bertz CT molecular complexity index is 957. The Morgan fingerprint density at radius 1 is 1.08 bits per heavy atom. The van der Waals surface area contributed by atoms with Crippen molar-refractivity contribution < 1.29 is 4.79 Å². The molecule has 4 rings (SSSR count). The van der Waals surface area contributed by atoms with Gasteiger partial charge in [0.2, 0.25) is 0 Å². The third-order valence-electron chi connectivity index (χ3n) is 4.68. The Labute approximate surface area is 151 Å². The van der Waals surface area contributed by atoms with Crippen molar-refractivity contribution in [1.82, 2.24) is 9.78 Å². The Kier molecular flexibility index (Phi) is 3.85. The minimum absolute atomic E-state index is 0.204. The number of nitrogens with zero attached hydrogens (tertiary/aromatic N) is 3. The quantitative estimate of drug-likeness (QED) is 0.680. The lowest BCUT2D eigenvalue weighted by Crippen LogP contribution is -2.24. The van der Waals surface area contributed by atoms with Gasteiger partial charge in [0.1, 0.15) is 5.82 Å². The molecule has 0 radical (unpaired) electrons. The first kappa shape index (κ1) is 15.9. The molecule has 0 N–H and O–H groups in total. The molecule has 0 atom stereocenters. The van der Waals surface area contributed by atoms with E-state index in [-0.39, 0.29) is 5.91 Å². The second-order valence-electron chi connectivity index (χ2n) is 6.33. The molecule has 1 aliphatic heterocycles. The van der Waals surface area contributed by atoms with Gasteiger partial charge in [-0.1, -0.05) is 41.9 Å². The molecule has 0 saturated heterocycles. The van der Waals surface area contributed by atoms with Crippen molar-refractivity contribution in [3.8, 4) is 0 Å². The van der Waals surface area contributed by atoms with Crippen LogP contribution in [0.1, 0.15) is 27.0 Å². The lowest BCUT2D eigenvalue weighted by atomic mass is 10.1. The number of para-hydroxylation sites is 1. The van der Waals surface area contributed by atoms with Gasteiger partial charge in [0.15, 0.2) is 0 Å². The van der Waals surface area contributed by atoms with Crippen molar-refractivity contribution >= 4 is 29.0 Å². The fraction of sp³-hybridized carbons (Fsp3) is 0.200. The van der Waals surface area contributed by atoms with Crippen LogP contribution < -0.4 is 4.90 Å². The van der Waals surface area contributed by atoms with Gasteiger partial charge >= 0.3 is 0 Å². The van der Waals surface area contributed by atoms with Crippen molar-refractivity contribution in [3.05, 3.63) is 75.9 Å². The summed E-state index contributed by atoms with van der Waals surface area (Å²) in [5.41, 5.74) is 5.07. The van der Waals surface area contributed by atoms with Crippen LogP contribution in [0.15, 0.2) is 48.7 Å². The van der Waals surface area contributed by atoms with E-state index in [1.807, 2.05) is 12.1 Å². The molecule has 1 aliphatic rings. The Balaban J connectivity index is 1.83. The van der Waals surface area contributed by atoms with Crippen molar-refractivity contribution in [2.24, 2.45) is 0 Å². The summed E-state index contributed by atoms with van der Waals surface area (Å²) in [5, 5.41) is 4.80. The summed E-state index contributed by atoms with van der Waals surface area (Å²) in [4.78, 5) is 15.2. The number of carbonyl (C=O) groups excluding carboxylic acids is 1. The maximum atomic E-state index is 13.0. The predicted octanol–water partition coefficient (Wildman–Crippen LogP) is 4.54. The number of carbonyl (C=O) groups is 1. The Hall–Kier alpha value is -2.59. The number of rotatable bonds is 2. The van der Waals surface area contributed by atoms with Crippen LogP contribution in [0.4, 0.5) is 11.5 Å². The second-order valence-corrected chi connectivity index (χ2v) is 6.74. The third-order valence-corrected chi connectivity index (χ3v) is 5.01. The SMILES string of the molecule is Cc1cccc(C)c1N1CCc2cnn(C(=O)c3ccccc3Cl)c21. The van der Waals surface area contributed by atoms with Crippen LogP contribution in [0.2, 0.25) is 5.02 Å². The third kappa shape index (κ3) is 2.53. The van der Waals surface area contributed by atoms with Crippen LogP contribution >= 0.6 is 11.6 Å². The van der Waals surface area contributed by atoms with E-state index in [4.69, 9.17) is 11.6 Å². The zero-order valence-electron chi connectivity index (χ0n) is 14.2. The fourth-order valence-electron chi connectivity index (χ4n) is 3.52. The maximum absolute atomic E-state index is 13.0. The molecule has 0 unspecified atom stereocenters. The van der Waals surface area contributed by atoms with E-state index in [1.165, 1.54) is 15.8 Å². The highest BCUT2D eigenvalue weighted by Gasteiger charge is 2.30. The van der Waals surface area contributed by atoms with E-state index in [1.54, 1.807) is 18.3 Å². The lowest BCUT2D eigenvalue weighted by Gasteiger charge is -2.24. The molecule has 2 aromatic carbocycles. The average molecular weight is 352 g/mol. The average Bonchev–Trinajstić information content (AvgIpc) is 3.17. The summed E-state index contributed by atoms with van der Waals surface area (Å²) in [6.07, 6.45) is 2.66. The predicted molar refractivity (Wildman–Crippen MR) is 100 cm³/mol. The number of aryl methyl sites for hydroxylation is 2. The largest absolute Gasteiger partial charge is 0.325 e. The van der Waals surface area contributed by atoms with E-state index < -0.39 is 0 Å². The molecule has 2 heterocycles. The molecule has 1 aromatic heterocycles. The molecule has 0 fully saturated rings. The molecule has 0 amide bonds. The van der Waals surface area contributed by atoms with Gasteiger partial charge in [-0.2, -0.15) is 9.78 Å². The molecule has 0 saturated carbocycles. The van der Waals surface area contributed by atoms with E-state index in [0.29, 0.717) is 10.6 Å². The van der Waals surface area contributed by atoms with Gasteiger partial charge in [0.05, 0.1) is 16.8 Å². The molecule has 4 nitrogen and oxygen atoms in total. The minimum Gasteiger partial charge on any atom is -0.325 e. The highest BCUT2D eigenvalue weighted by Crippen LogP contribution is 2.38. The van der Waals surface area contributed by atoms with E-state index in [0.717, 1.165) is 30.0 Å². The molecule has 126 valence electrons. The molecule has 3 aromatic rings. The molecule has 0 spiro atoms. The lowest BCUT2D eigenvalue weighted by molar-refractivity contribution is 0.0947. The first-order valence-electron chi connectivity index (χ1n) is 8.28. The monoisotopic (exact) mass is 351 g/mol. The molecule has 25 heavy (non-hydrogen) atoms. The van der Waals surface area contributed by atoms with Crippen LogP contribution in [-0.2, 0) is 6.42 Å². The second kappa shape index (κ2) is 6.05. The van der Waals surface area contributed by atoms with E-state index in [9.17, 15) is 4.79 Å². The van der Waals surface area contributed by atoms with Gasteiger partial charge in [-0.05, 0) is 43.5 Å². The van der Waals surface area contributed by atoms with Gasteiger partial charge in [-0.15, -0.1) is 0 Å². The van der Waals surface area contributed by atoms with Gasteiger partial charge in [0.25, 0.3) is 5.91 Å². The number of aromatic nitrogens is 2. The van der Waals surface area contributed by atoms with Crippen LogP contribution in [0.3, 0.4) is 0 Å². The van der Waals surface area contributed by atoms with Gasteiger partial charge in [-0.25, -0.2) is 0 Å². The maximum Gasteiger partial charge on any atom is 0.281 e. The molecule has 0 bridgehead atoms. The Morgan fingerprint density at radius 2 is 1.80 bits per heavy atom. The summed E-state index contributed by atoms with van der Waals surface area (Å²) in [6.45, 7) is 5.03. The number of anilines is 2. The first-order chi connectivity index (χ1) is 12.1. The molecule has 0 aliphatic carbocycles. The smallest absolute Gasteiger partial charge is 0.281 e. The molecule has 5 heteroatoms. The van der Waals surface area contributed by atoms with Crippen molar-refractivity contribution in [2.75, 3.05) is 11.4 Å². The number of benzene rings is 2. The summed E-state index contributed by atoms with van der Waals surface area (Å²) in [7, 11) is 0. The van der Waals surface area contributed by atoms with Gasteiger partial charge < -0.3 is 4.90 Å². The summed E-state index contributed by atoms with van der Waals surface area (Å²) in [5.74, 6) is 0.646. The number of halogens is 1. The van der Waals surface area contributed by atoms with Crippen molar-refractivity contribution in [3.63, 3.8) is 0 Å². The summed E-state index contributed by atoms with van der Waals surface area (Å²) in [6, 6.07) is 13.3. The zero-order chi connectivity index (χ0) is 17.6. The number of fused-ring (bicyclic) bond motifs is 1. The van der Waals surface area contributed by atoms with Crippen LogP contribution in [0.5, 0.6) is 0 Å². The van der Waals surface area contributed by atoms with Gasteiger partial charge in [-0.3, -0.25) is 4.79 Å². The van der Waals surface area contributed by atoms with Crippen molar-refractivity contribution in [2.45, 2.75) is 20.3 Å². The minimum atomic E-state index is -0.204. The first-order valence-corrected chi connectivity index (χ1v) is 8.65. The van der Waals surface area contributed by atoms with E-state index in [2.05, 4.69) is 42.0 Å². The highest BCUT2D eigenvalue weighted by molar-refractivity contribution is 6.34. The molecular weight excluding hydrogens is 334 g/mol. The van der Waals surface area contributed by atoms with Gasteiger partial charge in [0, 0.05) is 17.8 Å². The molecular formula is C20H18ClN3O. The van der Waals surface area contributed by atoms with Crippen LogP contribution in [0.25, 0.3) is 0 Å². The topological polar surface area (TPSA) is 38.1 Å². The van der Waals surface area contributed by atoms with E-state index >= 15 is 0 Å². The van der Waals surface area contributed by atoms with Crippen LogP contribution in [-0.4, -0.2) is 22.2 Å². The number of hydrogen-bond acceptors (Lipinski definition) is 3. The summed E-state index contributed by atoms with van der Waals surface area (Å²) >= 11 is 6.22. The highest BCUT2D eigenvalue weighted by atomic mass is 35.5. The van der Waals surface area contributed by atoms with Crippen LogP contribution in [0, 0.1) is 13.8 Å². The number of hydrogen-bond donors (Lipinski definition) is 0. The Morgan fingerprint density at radius 3 is 2.52 bits per heavy atom. The summed E-state index contributed by atoms with van der Waals surface area (Å²) < 4.78 is 1.48. The zero-order valence-corrected chi connectivity index (χ0v) is 14.9. The standard InChI is InChI=1S/C20H18ClN3O/c1-13-6-5-7-14(2)18(13)23-11-10-15-12-22-24(19(15)23)20(25)16-8-3-4-9-17(16)21/h3-9,12H,10-11H2,1-2H3. The normalized spacial score (nSPS) is 13.2. The van der Waals surface area contributed by atoms with Crippen molar-refractivity contribution in [1.29, 1.82) is 0 Å². The fourth-order valence-corrected chi connectivity index (χ4v) is 3.74.